The van der Waals surface area contributed by atoms with Gasteiger partial charge in [0, 0.05) is 16.2 Å². The Kier molecular flexibility index (Phi) is 6.19. The molecule has 0 spiro atoms. The minimum Gasteiger partial charge on any atom is -0.300 e. The Hall–Kier alpha value is -0.960. The van der Waals surface area contributed by atoms with Crippen LogP contribution in [0, 0.1) is 5.92 Å². The van der Waals surface area contributed by atoms with Gasteiger partial charge in [0.1, 0.15) is 0 Å². The molecule has 0 bridgehead atoms. The maximum Gasteiger partial charge on any atom is 0.0592 e. The third kappa shape index (κ3) is 3.76. The van der Waals surface area contributed by atoms with Gasteiger partial charge in [0.2, 0.25) is 0 Å². The normalized spacial score (nSPS) is 24.9. The van der Waals surface area contributed by atoms with Gasteiger partial charge >= 0.3 is 0 Å². The standard InChI is InChI=1S/C20H25NS.ClH/c1-4-15(2)20(3)14-22-18-13-9-8-12-17(18)19(21-20)16-10-6-5-7-11-16;/h5-13,15,19,21H,4,14H2,1-3H3;1H. The molecule has 3 unspecified atom stereocenters. The van der Waals surface area contributed by atoms with Gasteiger partial charge in [-0.1, -0.05) is 68.8 Å². The van der Waals surface area contributed by atoms with Crippen LogP contribution in [0.3, 0.4) is 0 Å². The van der Waals surface area contributed by atoms with E-state index in [9.17, 15) is 0 Å². The fourth-order valence-corrected chi connectivity index (χ4v) is 4.52. The zero-order valence-corrected chi connectivity index (χ0v) is 15.7. The van der Waals surface area contributed by atoms with Gasteiger partial charge in [-0.3, -0.25) is 5.32 Å². The second kappa shape index (κ2) is 7.74. The first-order valence-electron chi connectivity index (χ1n) is 8.18. The number of thioether (sulfide) groups is 1. The Morgan fingerprint density at radius 2 is 1.78 bits per heavy atom. The van der Waals surface area contributed by atoms with Gasteiger partial charge in [0.25, 0.3) is 0 Å². The molecule has 1 aliphatic rings. The highest BCUT2D eigenvalue weighted by Crippen LogP contribution is 2.40. The summed E-state index contributed by atoms with van der Waals surface area (Å²) in [4.78, 5) is 1.41. The molecule has 3 atom stereocenters. The van der Waals surface area contributed by atoms with Crippen molar-refractivity contribution in [3.8, 4) is 0 Å². The van der Waals surface area contributed by atoms with Gasteiger partial charge in [-0.15, -0.1) is 24.2 Å². The molecule has 0 saturated carbocycles. The van der Waals surface area contributed by atoms with Gasteiger partial charge in [-0.05, 0) is 30.0 Å². The van der Waals surface area contributed by atoms with E-state index in [1.165, 1.54) is 22.4 Å². The van der Waals surface area contributed by atoms with Crippen LogP contribution in [0.1, 0.15) is 44.4 Å². The highest BCUT2D eigenvalue weighted by Gasteiger charge is 2.36. The average Bonchev–Trinajstić information content (AvgIpc) is 2.73. The summed E-state index contributed by atoms with van der Waals surface area (Å²) in [5.74, 6) is 1.75. The molecule has 3 rings (SSSR count). The van der Waals surface area contributed by atoms with Crippen molar-refractivity contribution in [2.45, 2.75) is 43.7 Å². The number of nitrogens with one attached hydrogen (secondary N) is 1. The van der Waals surface area contributed by atoms with Crippen LogP contribution < -0.4 is 5.32 Å². The van der Waals surface area contributed by atoms with E-state index < -0.39 is 0 Å². The molecule has 0 aliphatic carbocycles. The molecule has 0 aromatic heterocycles. The predicted molar refractivity (Wildman–Crippen MR) is 104 cm³/mol. The minimum atomic E-state index is 0. The van der Waals surface area contributed by atoms with E-state index >= 15 is 0 Å². The van der Waals surface area contributed by atoms with Crippen LogP contribution in [0.4, 0.5) is 0 Å². The molecule has 2 aromatic carbocycles. The predicted octanol–water partition coefficient (Wildman–Crippen LogP) is 5.70. The Morgan fingerprint density at radius 3 is 2.48 bits per heavy atom. The first kappa shape index (κ1) is 18.4. The van der Waals surface area contributed by atoms with Gasteiger partial charge in [0.15, 0.2) is 0 Å². The van der Waals surface area contributed by atoms with Gasteiger partial charge < -0.3 is 0 Å². The van der Waals surface area contributed by atoms with Crippen LogP contribution in [0.25, 0.3) is 0 Å². The minimum absolute atomic E-state index is 0. The van der Waals surface area contributed by atoms with E-state index in [0.717, 1.165) is 5.75 Å². The zero-order valence-electron chi connectivity index (χ0n) is 14.1. The molecule has 3 heteroatoms. The second-order valence-corrected chi connectivity index (χ2v) is 7.56. The second-order valence-electron chi connectivity index (χ2n) is 6.54. The number of fused-ring (bicyclic) bond motifs is 1. The summed E-state index contributed by atoms with van der Waals surface area (Å²) >= 11 is 2.00. The van der Waals surface area contributed by atoms with Crippen molar-refractivity contribution in [2.24, 2.45) is 5.92 Å². The number of rotatable bonds is 3. The topological polar surface area (TPSA) is 12.0 Å². The first-order chi connectivity index (χ1) is 10.6. The van der Waals surface area contributed by atoms with Crippen molar-refractivity contribution in [3.05, 3.63) is 65.7 Å². The molecular weight excluding hydrogens is 322 g/mol. The quantitative estimate of drug-likeness (QED) is 0.764. The Bertz CT molecular complexity index is 631. The number of benzene rings is 2. The molecule has 0 fully saturated rings. The average molecular weight is 348 g/mol. The number of hydrogen-bond donors (Lipinski definition) is 1. The van der Waals surface area contributed by atoms with E-state index in [2.05, 4.69) is 80.7 Å². The first-order valence-corrected chi connectivity index (χ1v) is 9.17. The Labute approximate surface area is 150 Å². The highest BCUT2D eigenvalue weighted by atomic mass is 35.5. The summed E-state index contributed by atoms with van der Waals surface area (Å²) in [6.07, 6.45) is 1.20. The van der Waals surface area contributed by atoms with Crippen LogP contribution >= 0.6 is 24.2 Å². The van der Waals surface area contributed by atoms with E-state index in [4.69, 9.17) is 0 Å². The lowest BCUT2D eigenvalue weighted by atomic mass is 9.84. The molecule has 1 aliphatic heterocycles. The van der Waals surface area contributed by atoms with Crippen LogP contribution in [0.5, 0.6) is 0 Å². The summed E-state index contributed by atoms with van der Waals surface area (Å²) in [6.45, 7) is 7.04. The third-order valence-electron chi connectivity index (χ3n) is 5.06. The fraction of sp³-hybridized carbons (Fsp3) is 0.400. The molecule has 0 amide bonds. The van der Waals surface area contributed by atoms with E-state index in [-0.39, 0.29) is 24.0 Å². The summed E-state index contributed by atoms with van der Waals surface area (Å²) in [7, 11) is 0. The van der Waals surface area contributed by atoms with Crippen molar-refractivity contribution >= 4 is 24.2 Å². The highest BCUT2D eigenvalue weighted by molar-refractivity contribution is 7.99. The van der Waals surface area contributed by atoms with E-state index in [1.807, 2.05) is 11.8 Å². The molecular formula is C20H26ClNS. The van der Waals surface area contributed by atoms with Crippen molar-refractivity contribution in [1.82, 2.24) is 5.32 Å². The van der Waals surface area contributed by atoms with Crippen molar-refractivity contribution in [2.75, 3.05) is 5.75 Å². The number of halogens is 1. The number of hydrogen-bond acceptors (Lipinski definition) is 2. The van der Waals surface area contributed by atoms with Crippen LogP contribution in [-0.2, 0) is 0 Å². The summed E-state index contributed by atoms with van der Waals surface area (Å²) in [5, 5.41) is 3.99. The fourth-order valence-electron chi connectivity index (χ4n) is 3.17. The Balaban J connectivity index is 0.00000192. The monoisotopic (exact) mass is 347 g/mol. The van der Waals surface area contributed by atoms with Crippen molar-refractivity contribution in [1.29, 1.82) is 0 Å². The molecule has 0 radical (unpaired) electrons. The maximum atomic E-state index is 3.99. The summed E-state index contributed by atoms with van der Waals surface area (Å²) in [6, 6.07) is 20.0. The molecule has 23 heavy (non-hydrogen) atoms. The lowest BCUT2D eigenvalue weighted by Gasteiger charge is -2.38. The summed E-state index contributed by atoms with van der Waals surface area (Å²) < 4.78 is 0. The molecule has 1 heterocycles. The smallest absolute Gasteiger partial charge is 0.0592 e. The van der Waals surface area contributed by atoms with Crippen LogP contribution in [0.2, 0.25) is 0 Å². The van der Waals surface area contributed by atoms with Gasteiger partial charge in [-0.25, -0.2) is 0 Å². The van der Waals surface area contributed by atoms with Crippen LogP contribution in [0.15, 0.2) is 59.5 Å². The van der Waals surface area contributed by atoms with Gasteiger partial charge in [0.05, 0.1) is 6.04 Å². The Morgan fingerprint density at radius 1 is 1.13 bits per heavy atom. The maximum absolute atomic E-state index is 3.99. The summed E-state index contributed by atoms with van der Waals surface area (Å²) in [5.41, 5.74) is 2.90. The van der Waals surface area contributed by atoms with Crippen molar-refractivity contribution in [3.63, 3.8) is 0 Å². The molecule has 0 saturated heterocycles. The van der Waals surface area contributed by atoms with Crippen LogP contribution in [-0.4, -0.2) is 11.3 Å². The lowest BCUT2D eigenvalue weighted by molar-refractivity contribution is 0.254. The molecule has 1 N–H and O–H groups in total. The molecule has 124 valence electrons. The van der Waals surface area contributed by atoms with E-state index in [1.54, 1.807) is 0 Å². The largest absolute Gasteiger partial charge is 0.300 e. The van der Waals surface area contributed by atoms with Crippen molar-refractivity contribution < 1.29 is 0 Å². The zero-order chi connectivity index (χ0) is 15.6. The molecule has 1 nitrogen and oxygen atoms in total. The van der Waals surface area contributed by atoms with Gasteiger partial charge in [-0.2, -0.15) is 0 Å². The third-order valence-corrected chi connectivity index (χ3v) is 6.49. The van der Waals surface area contributed by atoms with E-state index in [0.29, 0.717) is 5.92 Å². The SMILES string of the molecule is CCC(C)C1(C)CSc2ccccc2C(c2ccccc2)N1.Cl. The lowest BCUT2D eigenvalue weighted by Crippen LogP contribution is -2.50. The molecule has 2 aromatic rings.